The topological polar surface area (TPSA) is 64.6 Å². The highest BCUT2D eigenvalue weighted by molar-refractivity contribution is 5.92. The molecule has 5 heteroatoms. The second-order valence-corrected chi connectivity index (χ2v) is 5.44. The summed E-state index contributed by atoms with van der Waals surface area (Å²) in [4.78, 5) is 23.3. The molecule has 24 heavy (non-hydrogen) atoms. The summed E-state index contributed by atoms with van der Waals surface area (Å²) < 4.78 is 10.6. The number of esters is 1. The van der Waals surface area contributed by atoms with Crippen LogP contribution in [-0.2, 0) is 9.59 Å². The van der Waals surface area contributed by atoms with Gasteiger partial charge in [-0.1, -0.05) is 19.1 Å². The summed E-state index contributed by atoms with van der Waals surface area (Å²) in [6, 6.07) is 12.4. The van der Waals surface area contributed by atoms with Crippen LogP contribution in [0.5, 0.6) is 11.5 Å². The Balaban J connectivity index is 1.91. The molecular formula is C19H21NO4. The van der Waals surface area contributed by atoms with Crippen LogP contribution >= 0.6 is 0 Å². The molecule has 0 saturated heterocycles. The van der Waals surface area contributed by atoms with Gasteiger partial charge in [0.1, 0.15) is 11.5 Å². The minimum absolute atomic E-state index is 0.0958. The lowest BCUT2D eigenvalue weighted by atomic mass is 10.1. The van der Waals surface area contributed by atoms with E-state index >= 15 is 0 Å². The van der Waals surface area contributed by atoms with E-state index in [-0.39, 0.29) is 18.5 Å². The first-order chi connectivity index (χ1) is 11.5. The van der Waals surface area contributed by atoms with E-state index in [0.717, 1.165) is 5.56 Å². The van der Waals surface area contributed by atoms with Crippen LogP contribution in [0.4, 0.5) is 5.69 Å². The van der Waals surface area contributed by atoms with Gasteiger partial charge in [-0.05, 0) is 49.2 Å². The van der Waals surface area contributed by atoms with Crippen molar-refractivity contribution in [3.8, 4) is 11.5 Å². The largest absolute Gasteiger partial charge is 0.484 e. The number of aryl methyl sites for hydroxylation is 2. The molecule has 0 fully saturated rings. The van der Waals surface area contributed by atoms with E-state index in [1.54, 1.807) is 31.2 Å². The van der Waals surface area contributed by atoms with Gasteiger partial charge in [-0.3, -0.25) is 9.59 Å². The summed E-state index contributed by atoms with van der Waals surface area (Å²) in [7, 11) is 0. The van der Waals surface area contributed by atoms with Crippen molar-refractivity contribution < 1.29 is 19.1 Å². The summed E-state index contributed by atoms with van der Waals surface area (Å²) in [5, 5.41) is 2.71. The zero-order chi connectivity index (χ0) is 17.5. The maximum absolute atomic E-state index is 12.0. The molecule has 0 radical (unpaired) electrons. The standard InChI is InChI=1S/C19H21NO4/c1-4-19(22)24-17-7-5-6-15(11-17)20-18(21)12-23-16-9-8-13(2)14(3)10-16/h5-11H,4,12H2,1-3H3,(H,20,21). The number of nitrogens with one attached hydrogen (secondary N) is 1. The summed E-state index contributed by atoms with van der Waals surface area (Å²) in [6.07, 6.45) is 0.292. The number of carbonyl (C=O) groups is 2. The third-order valence-electron chi connectivity index (χ3n) is 3.49. The first kappa shape index (κ1) is 17.5. The van der Waals surface area contributed by atoms with Gasteiger partial charge in [0, 0.05) is 18.2 Å². The molecule has 0 aliphatic heterocycles. The molecule has 0 aliphatic rings. The van der Waals surface area contributed by atoms with E-state index in [1.165, 1.54) is 5.56 Å². The smallest absolute Gasteiger partial charge is 0.310 e. The maximum atomic E-state index is 12.0. The van der Waals surface area contributed by atoms with Gasteiger partial charge in [-0.15, -0.1) is 0 Å². The van der Waals surface area contributed by atoms with E-state index in [0.29, 0.717) is 23.6 Å². The van der Waals surface area contributed by atoms with E-state index < -0.39 is 0 Å². The summed E-state index contributed by atoms with van der Waals surface area (Å²) >= 11 is 0. The Morgan fingerprint density at radius 3 is 2.50 bits per heavy atom. The van der Waals surface area contributed by atoms with Gasteiger partial charge in [0.15, 0.2) is 6.61 Å². The fourth-order valence-corrected chi connectivity index (χ4v) is 1.99. The van der Waals surface area contributed by atoms with Crippen LogP contribution in [0.1, 0.15) is 24.5 Å². The molecule has 0 atom stereocenters. The normalized spacial score (nSPS) is 10.1. The Kier molecular flexibility index (Phi) is 5.95. The van der Waals surface area contributed by atoms with Crippen LogP contribution in [0.2, 0.25) is 0 Å². The molecule has 0 aromatic heterocycles. The number of amides is 1. The molecule has 0 spiro atoms. The van der Waals surface area contributed by atoms with Gasteiger partial charge < -0.3 is 14.8 Å². The molecule has 2 aromatic rings. The lowest BCUT2D eigenvalue weighted by molar-refractivity contribution is -0.134. The molecular weight excluding hydrogens is 306 g/mol. The minimum Gasteiger partial charge on any atom is -0.484 e. The fraction of sp³-hybridized carbons (Fsp3) is 0.263. The Morgan fingerprint density at radius 2 is 1.79 bits per heavy atom. The number of hydrogen-bond donors (Lipinski definition) is 1. The Hall–Kier alpha value is -2.82. The van der Waals surface area contributed by atoms with Crippen molar-refractivity contribution in [2.24, 2.45) is 0 Å². The maximum Gasteiger partial charge on any atom is 0.310 e. The SMILES string of the molecule is CCC(=O)Oc1cccc(NC(=O)COc2ccc(C)c(C)c2)c1. The number of hydrogen-bond acceptors (Lipinski definition) is 4. The second-order valence-electron chi connectivity index (χ2n) is 5.44. The van der Waals surface area contributed by atoms with Crippen molar-refractivity contribution in [2.45, 2.75) is 27.2 Å². The number of rotatable bonds is 6. The van der Waals surface area contributed by atoms with E-state index in [2.05, 4.69) is 5.32 Å². The molecule has 0 saturated carbocycles. The van der Waals surface area contributed by atoms with Gasteiger partial charge in [-0.2, -0.15) is 0 Å². The van der Waals surface area contributed by atoms with Gasteiger partial charge >= 0.3 is 5.97 Å². The van der Waals surface area contributed by atoms with Gasteiger partial charge in [0.05, 0.1) is 0 Å². The molecule has 2 rings (SSSR count). The number of benzene rings is 2. The quantitative estimate of drug-likeness (QED) is 0.650. The zero-order valence-electron chi connectivity index (χ0n) is 14.1. The second kappa shape index (κ2) is 8.15. The predicted molar refractivity (Wildman–Crippen MR) is 92.4 cm³/mol. The molecule has 1 N–H and O–H groups in total. The number of carbonyl (C=O) groups excluding carboxylic acids is 2. The van der Waals surface area contributed by atoms with Crippen molar-refractivity contribution in [3.05, 3.63) is 53.6 Å². The van der Waals surface area contributed by atoms with Crippen LogP contribution in [0.15, 0.2) is 42.5 Å². The first-order valence-corrected chi connectivity index (χ1v) is 7.78. The summed E-state index contributed by atoms with van der Waals surface area (Å²) in [6.45, 7) is 5.63. The van der Waals surface area contributed by atoms with Crippen LogP contribution in [0, 0.1) is 13.8 Å². The van der Waals surface area contributed by atoms with Crippen molar-refractivity contribution in [1.82, 2.24) is 0 Å². The van der Waals surface area contributed by atoms with Crippen molar-refractivity contribution in [1.29, 1.82) is 0 Å². The predicted octanol–water partition coefficient (Wildman–Crippen LogP) is 3.64. The number of ether oxygens (including phenoxy) is 2. The van der Waals surface area contributed by atoms with Crippen molar-refractivity contribution in [2.75, 3.05) is 11.9 Å². The lowest BCUT2D eigenvalue weighted by Crippen LogP contribution is -2.20. The highest BCUT2D eigenvalue weighted by Gasteiger charge is 2.07. The van der Waals surface area contributed by atoms with Crippen LogP contribution in [-0.4, -0.2) is 18.5 Å². The minimum atomic E-state index is -0.323. The highest BCUT2D eigenvalue weighted by Crippen LogP contribution is 2.19. The molecule has 5 nitrogen and oxygen atoms in total. The fourth-order valence-electron chi connectivity index (χ4n) is 1.99. The lowest BCUT2D eigenvalue weighted by Gasteiger charge is -2.10. The Labute approximate surface area is 141 Å². The average molecular weight is 327 g/mol. The van der Waals surface area contributed by atoms with Crippen LogP contribution < -0.4 is 14.8 Å². The first-order valence-electron chi connectivity index (χ1n) is 7.78. The molecule has 0 unspecified atom stereocenters. The van der Waals surface area contributed by atoms with E-state index in [4.69, 9.17) is 9.47 Å². The van der Waals surface area contributed by atoms with Gasteiger partial charge in [-0.25, -0.2) is 0 Å². The van der Waals surface area contributed by atoms with Gasteiger partial charge in [0.2, 0.25) is 0 Å². The Morgan fingerprint density at radius 1 is 1.00 bits per heavy atom. The monoisotopic (exact) mass is 327 g/mol. The van der Waals surface area contributed by atoms with E-state index in [9.17, 15) is 9.59 Å². The zero-order valence-corrected chi connectivity index (χ0v) is 14.1. The van der Waals surface area contributed by atoms with Crippen molar-refractivity contribution >= 4 is 17.6 Å². The number of anilines is 1. The van der Waals surface area contributed by atoms with Crippen LogP contribution in [0.25, 0.3) is 0 Å². The third-order valence-corrected chi connectivity index (χ3v) is 3.49. The van der Waals surface area contributed by atoms with Crippen molar-refractivity contribution in [3.63, 3.8) is 0 Å². The molecule has 0 heterocycles. The molecule has 1 amide bonds. The molecule has 0 aliphatic carbocycles. The summed E-state index contributed by atoms with van der Waals surface area (Å²) in [5.41, 5.74) is 2.83. The molecule has 126 valence electrons. The van der Waals surface area contributed by atoms with E-state index in [1.807, 2.05) is 32.0 Å². The van der Waals surface area contributed by atoms with Gasteiger partial charge in [0.25, 0.3) is 5.91 Å². The highest BCUT2D eigenvalue weighted by atomic mass is 16.5. The average Bonchev–Trinajstić information content (AvgIpc) is 2.56. The summed E-state index contributed by atoms with van der Waals surface area (Å²) in [5.74, 6) is 0.442. The third kappa shape index (κ3) is 5.12. The molecule has 0 bridgehead atoms. The van der Waals surface area contributed by atoms with Crippen LogP contribution in [0.3, 0.4) is 0 Å². The Bertz CT molecular complexity index is 740. The molecule has 2 aromatic carbocycles.